The lowest BCUT2D eigenvalue weighted by atomic mass is 10.1. The van der Waals surface area contributed by atoms with Crippen LogP contribution in [0.15, 0.2) is 40.6 Å². The first-order valence-electron chi connectivity index (χ1n) is 4.12. The molecule has 0 aromatic heterocycles. The lowest BCUT2D eigenvalue weighted by Crippen LogP contribution is -1.92. The molecule has 1 rings (SSSR count). The Morgan fingerprint density at radius 1 is 1.21 bits per heavy atom. The summed E-state index contributed by atoms with van der Waals surface area (Å²) < 4.78 is 0. The third-order valence-corrected chi connectivity index (χ3v) is 1.46. The minimum absolute atomic E-state index is 0.639. The van der Waals surface area contributed by atoms with Crippen LogP contribution in [0.1, 0.15) is 19.4 Å². The SMILES string of the molecule is CC(=NO)c1ccccc1.CC=NO. The molecule has 2 N–H and O–H groups in total. The van der Waals surface area contributed by atoms with E-state index in [4.69, 9.17) is 10.4 Å². The van der Waals surface area contributed by atoms with E-state index < -0.39 is 0 Å². The van der Waals surface area contributed by atoms with E-state index in [1.54, 1.807) is 13.8 Å². The molecule has 0 radical (unpaired) electrons. The van der Waals surface area contributed by atoms with Crippen molar-refractivity contribution in [2.24, 2.45) is 10.3 Å². The van der Waals surface area contributed by atoms with Crippen LogP contribution >= 0.6 is 0 Å². The Balaban J connectivity index is 0.000000364. The summed E-state index contributed by atoms with van der Waals surface area (Å²) in [6.45, 7) is 3.40. The smallest absolute Gasteiger partial charge is 0.0836 e. The van der Waals surface area contributed by atoms with E-state index in [2.05, 4.69) is 10.3 Å². The molecule has 14 heavy (non-hydrogen) atoms. The minimum atomic E-state index is 0.639. The molecule has 0 heterocycles. The normalized spacial score (nSPS) is 10.9. The standard InChI is InChI=1S/C8H9NO.C2H5NO/c1-7(9-10)8-5-3-2-4-6-8;1-2-3-4/h2-6,10H,1H3;2,4H,1H3. The van der Waals surface area contributed by atoms with Crippen molar-refractivity contribution < 1.29 is 10.4 Å². The molecule has 0 aliphatic heterocycles. The highest BCUT2D eigenvalue weighted by molar-refractivity contribution is 5.98. The molecule has 4 heteroatoms. The van der Waals surface area contributed by atoms with Crippen LogP contribution in [-0.2, 0) is 0 Å². The number of nitrogens with zero attached hydrogens (tertiary/aromatic N) is 2. The van der Waals surface area contributed by atoms with Gasteiger partial charge in [-0.25, -0.2) is 0 Å². The summed E-state index contributed by atoms with van der Waals surface area (Å²) in [7, 11) is 0. The van der Waals surface area contributed by atoms with Gasteiger partial charge >= 0.3 is 0 Å². The van der Waals surface area contributed by atoms with Gasteiger partial charge in [0.2, 0.25) is 0 Å². The summed E-state index contributed by atoms with van der Waals surface area (Å²) in [5.41, 5.74) is 1.59. The molecule has 0 saturated carbocycles. The Morgan fingerprint density at radius 3 is 2.07 bits per heavy atom. The molecular formula is C10H14N2O2. The summed E-state index contributed by atoms with van der Waals surface area (Å²) in [6, 6.07) is 9.53. The van der Waals surface area contributed by atoms with Crippen molar-refractivity contribution >= 4 is 11.9 Å². The first-order valence-corrected chi connectivity index (χ1v) is 4.12. The van der Waals surface area contributed by atoms with Gasteiger partial charge in [-0.3, -0.25) is 0 Å². The average Bonchev–Trinajstić information content (AvgIpc) is 2.29. The first-order chi connectivity index (χ1) is 6.76. The van der Waals surface area contributed by atoms with Gasteiger partial charge in [0.15, 0.2) is 0 Å². The molecule has 0 fully saturated rings. The van der Waals surface area contributed by atoms with E-state index in [-0.39, 0.29) is 0 Å². The molecule has 1 aromatic carbocycles. The Morgan fingerprint density at radius 2 is 1.71 bits per heavy atom. The third kappa shape index (κ3) is 4.92. The molecule has 0 saturated heterocycles. The van der Waals surface area contributed by atoms with Crippen molar-refractivity contribution in [3.05, 3.63) is 35.9 Å². The number of benzene rings is 1. The molecular weight excluding hydrogens is 180 g/mol. The molecule has 1 aromatic rings. The zero-order valence-corrected chi connectivity index (χ0v) is 8.25. The zero-order valence-electron chi connectivity index (χ0n) is 8.25. The highest BCUT2D eigenvalue weighted by Gasteiger charge is 1.92. The molecule has 0 unspecified atom stereocenters. The van der Waals surface area contributed by atoms with E-state index >= 15 is 0 Å². The fourth-order valence-electron chi connectivity index (χ4n) is 0.737. The van der Waals surface area contributed by atoms with Crippen LogP contribution in [0.4, 0.5) is 0 Å². The van der Waals surface area contributed by atoms with E-state index in [0.717, 1.165) is 5.56 Å². The van der Waals surface area contributed by atoms with Crippen molar-refractivity contribution in [1.29, 1.82) is 0 Å². The Hall–Kier alpha value is -1.84. The molecule has 4 nitrogen and oxygen atoms in total. The average molecular weight is 194 g/mol. The summed E-state index contributed by atoms with van der Waals surface area (Å²) >= 11 is 0. The van der Waals surface area contributed by atoms with Gasteiger partial charge in [0.25, 0.3) is 0 Å². The van der Waals surface area contributed by atoms with Crippen LogP contribution in [0, 0.1) is 0 Å². The quantitative estimate of drug-likeness (QED) is 0.409. The lowest BCUT2D eigenvalue weighted by molar-refractivity contribution is 0.319. The van der Waals surface area contributed by atoms with E-state index in [1.807, 2.05) is 30.3 Å². The van der Waals surface area contributed by atoms with Crippen molar-refractivity contribution in [3.8, 4) is 0 Å². The second kappa shape index (κ2) is 7.79. The summed E-state index contributed by atoms with van der Waals surface area (Å²) in [6.07, 6.45) is 1.31. The zero-order chi connectivity index (χ0) is 10.8. The first kappa shape index (κ1) is 12.2. The summed E-state index contributed by atoms with van der Waals surface area (Å²) in [5.74, 6) is 0. The maximum absolute atomic E-state index is 8.38. The van der Waals surface area contributed by atoms with Gasteiger partial charge in [0, 0.05) is 6.21 Å². The van der Waals surface area contributed by atoms with Crippen molar-refractivity contribution in [2.45, 2.75) is 13.8 Å². The second-order valence-electron chi connectivity index (χ2n) is 2.43. The molecule has 0 atom stereocenters. The molecule has 0 aliphatic carbocycles. The van der Waals surface area contributed by atoms with Gasteiger partial charge in [-0.2, -0.15) is 0 Å². The van der Waals surface area contributed by atoms with E-state index in [0.29, 0.717) is 5.71 Å². The Labute approximate surface area is 83.2 Å². The lowest BCUT2D eigenvalue weighted by Gasteiger charge is -1.94. The highest BCUT2D eigenvalue weighted by atomic mass is 16.4. The number of hydrogen-bond acceptors (Lipinski definition) is 4. The topological polar surface area (TPSA) is 65.2 Å². The van der Waals surface area contributed by atoms with E-state index in [1.165, 1.54) is 6.21 Å². The van der Waals surface area contributed by atoms with Gasteiger partial charge in [0.1, 0.15) is 0 Å². The number of rotatable bonds is 1. The maximum atomic E-state index is 8.38. The van der Waals surface area contributed by atoms with Gasteiger partial charge in [-0.05, 0) is 19.4 Å². The van der Waals surface area contributed by atoms with Gasteiger partial charge in [0.05, 0.1) is 5.71 Å². The van der Waals surface area contributed by atoms with Crippen LogP contribution in [0.5, 0.6) is 0 Å². The number of oxime groups is 2. The largest absolute Gasteiger partial charge is 0.411 e. The Bertz CT molecular complexity index is 290. The summed E-state index contributed by atoms with van der Waals surface area (Å²) in [5, 5.41) is 21.5. The van der Waals surface area contributed by atoms with Gasteiger partial charge < -0.3 is 10.4 Å². The van der Waals surface area contributed by atoms with E-state index in [9.17, 15) is 0 Å². The van der Waals surface area contributed by atoms with Crippen molar-refractivity contribution in [1.82, 2.24) is 0 Å². The summed E-state index contributed by atoms with van der Waals surface area (Å²) in [4.78, 5) is 0. The molecule has 0 spiro atoms. The Kier molecular flexibility index (Phi) is 6.77. The van der Waals surface area contributed by atoms with Crippen LogP contribution in [-0.4, -0.2) is 22.3 Å². The fourth-order valence-corrected chi connectivity index (χ4v) is 0.737. The molecule has 0 bridgehead atoms. The molecule has 76 valence electrons. The molecule has 0 aliphatic rings. The van der Waals surface area contributed by atoms with Crippen molar-refractivity contribution in [3.63, 3.8) is 0 Å². The van der Waals surface area contributed by atoms with Crippen LogP contribution in [0.3, 0.4) is 0 Å². The fraction of sp³-hybridized carbons (Fsp3) is 0.200. The predicted molar refractivity (Wildman–Crippen MR) is 56.4 cm³/mol. The van der Waals surface area contributed by atoms with Crippen LogP contribution < -0.4 is 0 Å². The monoisotopic (exact) mass is 194 g/mol. The minimum Gasteiger partial charge on any atom is -0.411 e. The second-order valence-corrected chi connectivity index (χ2v) is 2.43. The van der Waals surface area contributed by atoms with Crippen LogP contribution in [0.25, 0.3) is 0 Å². The van der Waals surface area contributed by atoms with Gasteiger partial charge in [-0.15, -0.1) is 5.16 Å². The number of hydrogen-bond donors (Lipinski definition) is 2. The molecule has 0 amide bonds. The predicted octanol–water partition coefficient (Wildman–Crippen LogP) is 2.35. The van der Waals surface area contributed by atoms with Crippen molar-refractivity contribution in [2.75, 3.05) is 0 Å². The maximum Gasteiger partial charge on any atom is 0.0836 e. The van der Waals surface area contributed by atoms with Gasteiger partial charge in [-0.1, -0.05) is 35.5 Å². The van der Waals surface area contributed by atoms with Crippen LogP contribution in [0.2, 0.25) is 0 Å². The third-order valence-electron chi connectivity index (χ3n) is 1.46. The highest BCUT2D eigenvalue weighted by Crippen LogP contribution is 1.99.